The van der Waals surface area contributed by atoms with E-state index in [-0.39, 0.29) is 17.7 Å². The van der Waals surface area contributed by atoms with Crippen LogP contribution in [0.3, 0.4) is 0 Å². The second kappa shape index (κ2) is 3.97. The first-order valence-corrected chi connectivity index (χ1v) is 5.67. The average Bonchev–Trinajstić information content (AvgIpc) is 2.27. The molecule has 0 bridgehead atoms. The van der Waals surface area contributed by atoms with Gasteiger partial charge in [-0.1, -0.05) is 0 Å². The number of amides is 2. The zero-order valence-corrected chi connectivity index (χ0v) is 9.67. The molecule has 0 aromatic heterocycles. The van der Waals surface area contributed by atoms with E-state index in [1.807, 2.05) is 0 Å². The molecule has 2 N–H and O–H groups in total. The molecule has 0 aliphatic carbocycles. The molecule has 0 atom stereocenters. The molecule has 5 heteroatoms. The highest BCUT2D eigenvalue weighted by Crippen LogP contribution is 2.23. The fraction of sp³-hybridized carbons (Fsp3) is 0.727. The molecule has 2 aliphatic rings. The number of rotatable bonds is 1. The number of carbonyl (C=O) groups is 2. The lowest BCUT2D eigenvalue weighted by atomic mass is 9.88. The standard InChI is InChI=1S/C11H17N3O2/c1-11(2)9(15)13-8(14-10(11)16)7-3-5-12-6-4-7/h7,12H,3-6H2,1-2H3,(H,13,14,15,16). The summed E-state index contributed by atoms with van der Waals surface area (Å²) < 4.78 is 0. The second-order valence-electron chi connectivity index (χ2n) is 4.91. The summed E-state index contributed by atoms with van der Waals surface area (Å²) in [6.07, 6.45) is 1.85. The molecule has 2 aliphatic heterocycles. The van der Waals surface area contributed by atoms with Crippen LogP contribution in [0.15, 0.2) is 4.99 Å². The van der Waals surface area contributed by atoms with Gasteiger partial charge in [0.1, 0.15) is 11.3 Å². The van der Waals surface area contributed by atoms with Crippen molar-refractivity contribution in [1.29, 1.82) is 0 Å². The van der Waals surface area contributed by atoms with Gasteiger partial charge in [0.15, 0.2) is 0 Å². The maximum atomic E-state index is 11.8. The van der Waals surface area contributed by atoms with Gasteiger partial charge in [0.2, 0.25) is 5.91 Å². The first kappa shape index (κ1) is 11.3. The van der Waals surface area contributed by atoms with Crippen molar-refractivity contribution in [2.24, 2.45) is 16.3 Å². The van der Waals surface area contributed by atoms with Crippen LogP contribution in [0.4, 0.5) is 0 Å². The van der Waals surface area contributed by atoms with Gasteiger partial charge in [0.05, 0.1) is 0 Å². The van der Waals surface area contributed by atoms with Crippen molar-refractivity contribution in [3.8, 4) is 0 Å². The molecule has 0 aromatic carbocycles. The normalized spacial score (nSPS) is 26.2. The monoisotopic (exact) mass is 223 g/mol. The summed E-state index contributed by atoms with van der Waals surface area (Å²) in [7, 11) is 0. The Labute approximate surface area is 94.7 Å². The van der Waals surface area contributed by atoms with Crippen LogP contribution in [0.25, 0.3) is 0 Å². The number of carbonyl (C=O) groups excluding carboxylic acids is 2. The summed E-state index contributed by atoms with van der Waals surface area (Å²) in [4.78, 5) is 27.5. The van der Waals surface area contributed by atoms with Crippen LogP contribution in [-0.4, -0.2) is 30.7 Å². The summed E-state index contributed by atoms with van der Waals surface area (Å²) in [6, 6.07) is 0. The van der Waals surface area contributed by atoms with Crippen LogP contribution >= 0.6 is 0 Å². The van der Waals surface area contributed by atoms with Crippen molar-refractivity contribution in [3.63, 3.8) is 0 Å². The Hall–Kier alpha value is -1.23. The highest BCUT2D eigenvalue weighted by molar-refractivity contribution is 6.18. The van der Waals surface area contributed by atoms with Gasteiger partial charge in [-0.3, -0.25) is 9.59 Å². The molecular weight excluding hydrogens is 206 g/mol. The Balaban J connectivity index is 2.18. The van der Waals surface area contributed by atoms with Crippen LogP contribution in [0, 0.1) is 11.3 Å². The predicted octanol–water partition coefficient (Wildman–Crippen LogP) is 0.0671. The Bertz CT molecular complexity index is 354. The molecule has 1 fully saturated rings. The molecule has 0 aromatic rings. The number of piperidine rings is 1. The molecule has 2 rings (SSSR count). The third-order valence-electron chi connectivity index (χ3n) is 3.29. The Morgan fingerprint density at radius 1 is 1.25 bits per heavy atom. The molecule has 88 valence electrons. The molecule has 5 nitrogen and oxygen atoms in total. The zero-order chi connectivity index (χ0) is 11.8. The fourth-order valence-electron chi connectivity index (χ4n) is 1.94. The van der Waals surface area contributed by atoms with E-state index in [0.29, 0.717) is 5.84 Å². The van der Waals surface area contributed by atoms with Gasteiger partial charge in [-0.15, -0.1) is 0 Å². The third kappa shape index (κ3) is 1.87. The molecule has 2 heterocycles. The maximum Gasteiger partial charge on any atom is 0.262 e. The minimum atomic E-state index is -1.02. The average molecular weight is 223 g/mol. The van der Waals surface area contributed by atoms with Crippen molar-refractivity contribution in [2.75, 3.05) is 13.1 Å². The van der Waals surface area contributed by atoms with Crippen molar-refractivity contribution in [3.05, 3.63) is 0 Å². The van der Waals surface area contributed by atoms with Gasteiger partial charge in [-0.05, 0) is 39.8 Å². The van der Waals surface area contributed by atoms with E-state index in [2.05, 4.69) is 15.6 Å². The van der Waals surface area contributed by atoms with Crippen LogP contribution in [0.2, 0.25) is 0 Å². The Morgan fingerprint density at radius 2 is 1.88 bits per heavy atom. The minimum absolute atomic E-state index is 0.213. The molecule has 0 radical (unpaired) electrons. The molecule has 0 unspecified atom stereocenters. The highest BCUT2D eigenvalue weighted by Gasteiger charge is 2.41. The summed E-state index contributed by atoms with van der Waals surface area (Å²) in [5.74, 6) is 0.215. The molecular formula is C11H17N3O2. The zero-order valence-electron chi connectivity index (χ0n) is 9.67. The van der Waals surface area contributed by atoms with E-state index in [4.69, 9.17) is 0 Å². The van der Waals surface area contributed by atoms with E-state index in [9.17, 15) is 9.59 Å². The first-order valence-electron chi connectivity index (χ1n) is 5.67. The van der Waals surface area contributed by atoms with E-state index in [1.165, 1.54) is 0 Å². The first-order chi connectivity index (χ1) is 7.51. The van der Waals surface area contributed by atoms with Crippen LogP contribution in [-0.2, 0) is 9.59 Å². The summed E-state index contributed by atoms with van der Waals surface area (Å²) in [5.41, 5.74) is -1.02. The lowest BCUT2D eigenvalue weighted by Gasteiger charge is -2.30. The van der Waals surface area contributed by atoms with Gasteiger partial charge < -0.3 is 10.6 Å². The van der Waals surface area contributed by atoms with Crippen LogP contribution in [0.1, 0.15) is 26.7 Å². The van der Waals surface area contributed by atoms with Gasteiger partial charge >= 0.3 is 0 Å². The van der Waals surface area contributed by atoms with E-state index in [1.54, 1.807) is 13.8 Å². The van der Waals surface area contributed by atoms with Crippen molar-refractivity contribution >= 4 is 17.6 Å². The fourth-order valence-corrected chi connectivity index (χ4v) is 1.94. The highest BCUT2D eigenvalue weighted by atomic mass is 16.2. The van der Waals surface area contributed by atoms with E-state index >= 15 is 0 Å². The lowest BCUT2D eigenvalue weighted by Crippen LogP contribution is -2.52. The van der Waals surface area contributed by atoms with Crippen LogP contribution in [0.5, 0.6) is 0 Å². The predicted molar refractivity (Wildman–Crippen MR) is 60.0 cm³/mol. The number of nitrogens with zero attached hydrogens (tertiary/aromatic N) is 1. The topological polar surface area (TPSA) is 70.6 Å². The van der Waals surface area contributed by atoms with Gasteiger partial charge in [-0.25, -0.2) is 0 Å². The van der Waals surface area contributed by atoms with E-state index < -0.39 is 5.41 Å². The van der Waals surface area contributed by atoms with E-state index in [0.717, 1.165) is 25.9 Å². The Kier molecular flexibility index (Phi) is 2.80. The number of hydrogen-bond acceptors (Lipinski definition) is 3. The smallest absolute Gasteiger partial charge is 0.262 e. The van der Waals surface area contributed by atoms with Gasteiger partial charge in [0, 0.05) is 5.92 Å². The third-order valence-corrected chi connectivity index (χ3v) is 3.29. The summed E-state index contributed by atoms with van der Waals surface area (Å²) in [5, 5.41) is 6.01. The Morgan fingerprint density at radius 3 is 2.44 bits per heavy atom. The molecule has 1 saturated heterocycles. The number of hydrogen-bond donors (Lipinski definition) is 2. The number of nitrogens with one attached hydrogen (secondary N) is 2. The molecule has 0 spiro atoms. The minimum Gasteiger partial charge on any atom is -0.317 e. The van der Waals surface area contributed by atoms with Gasteiger partial charge in [-0.2, -0.15) is 4.99 Å². The molecule has 2 amide bonds. The quantitative estimate of drug-likeness (QED) is 0.618. The van der Waals surface area contributed by atoms with Crippen molar-refractivity contribution in [2.45, 2.75) is 26.7 Å². The summed E-state index contributed by atoms with van der Waals surface area (Å²) in [6.45, 7) is 5.04. The maximum absolute atomic E-state index is 11.8. The summed E-state index contributed by atoms with van der Waals surface area (Å²) >= 11 is 0. The SMILES string of the molecule is CC1(C)C(=O)N=C(C2CCNCC2)NC1=O. The second-order valence-corrected chi connectivity index (χ2v) is 4.91. The number of amidine groups is 1. The largest absolute Gasteiger partial charge is 0.317 e. The lowest BCUT2D eigenvalue weighted by molar-refractivity contribution is -0.139. The molecule has 0 saturated carbocycles. The van der Waals surface area contributed by atoms with Crippen molar-refractivity contribution in [1.82, 2.24) is 10.6 Å². The molecule has 16 heavy (non-hydrogen) atoms. The van der Waals surface area contributed by atoms with Crippen LogP contribution < -0.4 is 10.6 Å². The number of aliphatic imine (C=N–C) groups is 1. The van der Waals surface area contributed by atoms with Crippen molar-refractivity contribution < 1.29 is 9.59 Å². The van der Waals surface area contributed by atoms with Gasteiger partial charge in [0.25, 0.3) is 5.91 Å².